The van der Waals surface area contributed by atoms with Crippen molar-refractivity contribution in [1.82, 2.24) is 15.2 Å². The van der Waals surface area contributed by atoms with Gasteiger partial charge in [0.25, 0.3) is 0 Å². The Morgan fingerprint density at radius 2 is 1.75 bits per heavy atom. The summed E-state index contributed by atoms with van der Waals surface area (Å²) in [5, 5.41) is 15.1. The molecule has 5 nitrogen and oxygen atoms in total. The van der Waals surface area contributed by atoms with Crippen LogP contribution in [0.2, 0.25) is 10.0 Å². The van der Waals surface area contributed by atoms with Gasteiger partial charge in [-0.2, -0.15) is 10.1 Å². The summed E-state index contributed by atoms with van der Waals surface area (Å²) >= 11 is 12.2. The van der Waals surface area contributed by atoms with Crippen LogP contribution in [0.3, 0.4) is 0 Å². The van der Waals surface area contributed by atoms with E-state index in [1.165, 1.54) is 6.20 Å². The van der Waals surface area contributed by atoms with Gasteiger partial charge in [0.05, 0.1) is 21.9 Å². The molecule has 0 aliphatic rings. The van der Waals surface area contributed by atoms with E-state index in [0.29, 0.717) is 27.5 Å². The van der Waals surface area contributed by atoms with Crippen molar-refractivity contribution < 1.29 is 0 Å². The molecule has 1 aromatic heterocycles. The van der Waals surface area contributed by atoms with Crippen molar-refractivity contribution in [1.29, 1.82) is 0 Å². The molecule has 2 aromatic rings. The van der Waals surface area contributed by atoms with Gasteiger partial charge in [0.2, 0.25) is 5.95 Å². The molecule has 1 heterocycles. The van der Waals surface area contributed by atoms with Crippen LogP contribution >= 0.6 is 23.2 Å². The predicted octanol–water partition coefficient (Wildman–Crippen LogP) is 4.13. The van der Waals surface area contributed by atoms with Crippen molar-refractivity contribution in [2.75, 3.05) is 10.6 Å². The van der Waals surface area contributed by atoms with Gasteiger partial charge in [0.1, 0.15) is 0 Å². The molecule has 0 saturated heterocycles. The maximum Gasteiger partial charge on any atom is 0.245 e. The van der Waals surface area contributed by atoms with E-state index < -0.39 is 0 Å². The Morgan fingerprint density at radius 3 is 2.35 bits per heavy atom. The zero-order chi connectivity index (χ0) is 14.8. The van der Waals surface area contributed by atoms with Gasteiger partial charge in [0, 0.05) is 5.54 Å². The zero-order valence-electron chi connectivity index (χ0n) is 11.4. The SMILES string of the molecule is CC(C)(C)Nc1nncc(Nc2c(Cl)cccc2Cl)n1. The van der Waals surface area contributed by atoms with E-state index in [9.17, 15) is 0 Å². The summed E-state index contributed by atoms with van der Waals surface area (Å²) in [6.07, 6.45) is 1.51. The molecule has 0 aliphatic carbocycles. The first-order chi connectivity index (χ1) is 9.35. The first-order valence-corrected chi connectivity index (χ1v) is 6.80. The average molecular weight is 312 g/mol. The maximum absolute atomic E-state index is 6.10. The Balaban J connectivity index is 2.24. The summed E-state index contributed by atoms with van der Waals surface area (Å²) in [7, 11) is 0. The van der Waals surface area contributed by atoms with Crippen LogP contribution in [0, 0.1) is 0 Å². The maximum atomic E-state index is 6.10. The van der Waals surface area contributed by atoms with Gasteiger partial charge in [0.15, 0.2) is 5.82 Å². The first-order valence-electron chi connectivity index (χ1n) is 6.04. The normalized spacial score (nSPS) is 11.2. The lowest BCUT2D eigenvalue weighted by Crippen LogP contribution is -2.27. The van der Waals surface area contributed by atoms with Gasteiger partial charge in [-0.1, -0.05) is 29.3 Å². The molecule has 0 unspecified atom stereocenters. The number of anilines is 3. The van der Waals surface area contributed by atoms with Crippen LogP contribution in [0.5, 0.6) is 0 Å². The van der Waals surface area contributed by atoms with Crippen LogP contribution in [0.1, 0.15) is 20.8 Å². The third-order valence-corrected chi connectivity index (χ3v) is 2.89. The lowest BCUT2D eigenvalue weighted by Gasteiger charge is -2.20. The highest BCUT2D eigenvalue weighted by molar-refractivity contribution is 6.39. The predicted molar refractivity (Wildman–Crippen MR) is 82.9 cm³/mol. The van der Waals surface area contributed by atoms with E-state index in [1.54, 1.807) is 18.2 Å². The van der Waals surface area contributed by atoms with E-state index in [0.717, 1.165) is 0 Å². The molecule has 0 spiro atoms. The minimum atomic E-state index is -0.150. The van der Waals surface area contributed by atoms with E-state index in [-0.39, 0.29) is 5.54 Å². The molecule has 0 radical (unpaired) electrons. The van der Waals surface area contributed by atoms with Crippen LogP contribution in [0.25, 0.3) is 0 Å². The number of hydrogen-bond acceptors (Lipinski definition) is 5. The van der Waals surface area contributed by atoms with Crippen LogP contribution < -0.4 is 10.6 Å². The molecule has 1 aromatic carbocycles. The van der Waals surface area contributed by atoms with E-state index in [4.69, 9.17) is 23.2 Å². The van der Waals surface area contributed by atoms with E-state index >= 15 is 0 Å². The van der Waals surface area contributed by atoms with Crippen LogP contribution in [0.15, 0.2) is 24.4 Å². The third-order valence-electron chi connectivity index (χ3n) is 2.26. The lowest BCUT2D eigenvalue weighted by molar-refractivity contribution is 0.623. The van der Waals surface area contributed by atoms with Gasteiger partial charge in [-0.3, -0.25) is 0 Å². The van der Waals surface area contributed by atoms with Gasteiger partial charge in [-0.25, -0.2) is 0 Å². The monoisotopic (exact) mass is 311 g/mol. The summed E-state index contributed by atoms with van der Waals surface area (Å²) in [5.74, 6) is 0.951. The number of nitrogens with one attached hydrogen (secondary N) is 2. The number of hydrogen-bond donors (Lipinski definition) is 2. The molecule has 0 atom stereocenters. The van der Waals surface area contributed by atoms with Crippen molar-refractivity contribution >= 4 is 40.7 Å². The van der Waals surface area contributed by atoms with E-state index in [2.05, 4.69) is 25.8 Å². The fraction of sp³-hybridized carbons (Fsp3) is 0.308. The number of halogens is 2. The second kappa shape index (κ2) is 5.81. The minimum Gasteiger partial charge on any atom is -0.348 e. The fourth-order valence-corrected chi connectivity index (χ4v) is 1.99. The Hall–Kier alpha value is -1.59. The Morgan fingerprint density at radius 1 is 1.10 bits per heavy atom. The highest BCUT2D eigenvalue weighted by Gasteiger charge is 2.13. The van der Waals surface area contributed by atoms with Crippen molar-refractivity contribution in [2.45, 2.75) is 26.3 Å². The third kappa shape index (κ3) is 3.95. The first kappa shape index (κ1) is 14.8. The molecule has 106 valence electrons. The molecular weight excluding hydrogens is 297 g/mol. The number of rotatable bonds is 3. The summed E-state index contributed by atoms with van der Waals surface area (Å²) in [6.45, 7) is 6.05. The van der Waals surface area contributed by atoms with Crippen LogP contribution in [0.4, 0.5) is 17.5 Å². The lowest BCUT2D eigenvalue weighted by atomic mass is 10.1. The molecule has 2 rings (SSSR count). The smallest absolute Gasteiger partial charge is 0.245 e. The Kier molecular flexibility index (Phi) is 4.30. The number of para-hydroxylation sites is 1. The van der Waals surface area contributed by atoms with Gasteiger partial charge in [-0.05, 0) is 32.9 Å². The zero-order valence-corrected chi connectivity index (χ0v) is 12.9. The molecule has 0 amide bonds. The molecule has 7 heteroatoms. The molecular formula is C13H15Cl2N5. The molecule has 2 N–H and O–H groups in total. The highest BCUT2D eigenvalue weighted by Crippen LogP contribution is 2.31. The Labute approximate surface area is 127 Å². The van der Waals surface area contributed by atoms with Crippen molar-refractivity contribution in [3.05, 3.63) is 34.4 Å². The van der Waals surface area contributed by atoms with Crippen molar-refractivity contribution in [2.24, 2.45) is 0 Å². The van der Waals surface area contributed by atoms with Crippen molar-refractivity contribution in [3.63, 3.8) is 0 Å². The number of benzene rings is 1. The summed E-state index contributed by atoms with van der Waals surface area (Å²) in [6, 6.07) is 5.28. The standard InChI is InChI=1S/C13H15Cl2N5/c1-13(2,3)19-12-18-10(7-16-20-12)17-11-8(14)5-4-6-9(11)15/h4-7H,1-3H3,(H2,17,18,19,20). The number of nitrogens with zero attached hydrogens (tertiary/aromatic N) is 3. The minimum absolute atomic E-state index is 0.150. The molecule has 20 heavy (non-hydrogen) atoms. The second-order valence-corrected chi connectivity index (χ2v) is 6.08. The molecule has 0 aliphatic heterocycles. The molecule has 0 fully saturated rings. The molecule has 0 saturated carbocycles. The summed E-state index contributed by atoms with van der Waals surface area (Å²) in [4.78, 5) is 4.32. The number of aromatic nitrogens is 3. The van der Waals surface area contributed by atoms with Crippen LogP contribution in [-0.4, -0.2) is 20.7 Å². The van der Waals surface area contributed by atoms with Gasteiger partial charge in [-0.15, -0.1) is 5.10 Å². The average Bonchev–Trinajstić information content (AvgIpc) is 2.32. The van der Waals surface area contributed by atoms with Crippen molar-refractivity contribution in [3.8, 4) is 0 Å². The van der Waals surface area contributed by atoms with Crippen LogP contribution in [-0.2, 0) is 0 Å². The topological polar surface area (TPSA) is 62.7 Å². The summed E-state index contributed by atoms with van der Waals surface area (Å²) < 4.78 is 0. The second-order valence-electron chi connectivity index (χ2n) is 5.26. The van der Waals surface area contributed by atoms with E-state index in [1.807, 2.05) is 20.8 Å². The summed E-state index contributed by atoms with van der Waals surface area (Å²) in [5.41, 5.74) is 0.445. The highest BCUT2D eigenvalue weighted by atomic mass is 35.5. The Bertz CT molecular complexity index is 590. The van der Waals surface area contributed by atoms with Gasteiger partial charge < -0.3 is 10.6 Å². The fourth-order valence-electron chi connectivity index (χ4n) is 1.50. The largest absolute Gasteiger partial charge is 0.348 e. The molecule has 0 bridgehead atoms. The quantitative estimate of drug-likeness (QED) is 0.892. The van der Waals surface area contributed by atoms with Gasteiger partial charge >= 0.3 is 0 Å².